The van der Waals surface area contributed by atoms with E-state index in [1.54, 1.807) is 35.6 Å². The minimum Gasteiger partial charge on any atom is -0.337 e. The van der Waals surface area contributed by atoms with Crippen molar-refractivity contribution in [3.05, 3.63) is 75.8 Å². The van der Waals surface area contributed by atoms with Gasteiger partial charge < -0.3 is 4.57 Å². The molecule has 0 N–H and O–H groups in total. The first-order chi connectivity index (χ1) is 14.4. The van der Waals surface area contributed by atoms with Gasteiger partial charge in [-0.05, 0) is 49.6 Å². The van der Waals surface area contributed by atoms with Crippen LogP contribution in [-0.2, 0) is 6.54 Å². The summed E-state index contributed by atoms with van der Waals surface area (Å²) in [6, 6.07) is 9.07. The maximum atomic E-state index is 13.5. The van der Waals surface area contributed by atoms with E-state index < -0.39 is 0 Å². The number of halogens is 2. The van der Waals surface area contributed by atoms with Gasteiger partial charge in [0, 0.05) is 30.5 Å². The van der Waals surface area contributed by atoms with Gasteiger partial charge in [-0.2, -0.15) is 0 Å². The average Bonchev–Trinajstić information content (AvgIpc) is 3.40. The molecule has 0 unspecified atom stereocenters. The molecule has 4 aromatic rings. The van der Waals surface area contributed by atoms with Crippen LogP contribution in [0, 0.1) is 13.8 Å². The van der Waals surface area contributed by atoms with E-state index in [2.05, 4.69) is 24.0 Å². The Hall–Kier alpha value is -2.41. The summed E-state index contributed by atoms with van der Waals surface area (Å²) >= 11 is 14.0. The highest BCUT2D eigenvalue weighted by Gasteiger charge is 2.24. The Morgan fingerprint density at radius 1 is 1.17 bits per heavy atom. The lowest BCUT2D eigenvalue weighted by molar-refractivity contribution is 0.0986. The molecule has 154 valence electrons. The molecule has 2 aromatic heterocycles. The predicted molar refractivity (Wildman–Crippen MR) is 124 cm³/mol. The zero-order chi connectivity index (χ0) is 21.3. The van der Waals surface area contributed by atoms with Crippen LogP contribution in [0.4, 0.5) is 5.13 Å². The number of amides is 1. The fraction of sp³-hybridized carbons (Fsp3) is 0.227. The Balaban J connectivity index is 1.71. The highest BCUT2D eigenvalue weighted by molar-refractivity contribution is 7.22. The number of aryl methyl sites for hydroxylation is 3. The number of anilines is 1. The fourth-order valence-electron chi connectivity index (χ4n) is 3.28. The summed E-state index contributed by atoms with van der Waals surface area (Å²) in [6.45, 7) is 5.33. The summed E-state index contributed by atoms with van der Waals surface area (Å²) in [5, 5.41) is 1.50. The normalized spacial score (nSPS) is 11.2. The second kappa shape index (κ2) is 8.76. The van der Waals surface area contributed by atoms with Crippen LogP contribution in [0.2, 0.25) is 10.0 Å². The summed E-state index contributed by atoms with van der Waals surface area (Å²) in [6.07, 6.45) is 6.16. The Morgan fingerprint density at radius 2 is 1.97 bits per heavy atom. The zero-order valence-corrected chi connectivity index (χ0v) is 18.9. The second-order valence-electron chi connectivity index (χ2n) is 7.11. The molecule has 0 atom stereocenters. The van der Waals surface area contributed by atoms with E-state index in [-0.39, 0.29) is 5.91 Å². The molecule has 0 saturated heterocycles. The SMILES string of the molecule is Cc1ccc(C)c2sc(N(CCCn3ccnc3)C(=O)c3cc(Cl)ccc3Cl)nc12. The topological polar surface area (TPSA) is 51.0 Å². The van der Waals surface area contributed by atoms with Crippen LogP contribution in [-0.4, -0.2) is 27.0 Å². The van der Waals surface area contributed by atoms with E-state index in [9.17, 15) is 4.79 Å². The molecule has 0 saturated carbocycles. The lowest BCUT2D eigenvalue weighted by atomic mass is 10.1. The number of benzene rings is 2. The van der Waals surface area contributed by atoms with Crippen LogP contribution >= 0.6 is 34.5 Å². The molecule has 8 heteroatoms. The number of aromatic nitrogens is 3. The van der Waals surface area contributed by atoms with Gasteiger partial charge in [0.05, 0.1) is 27.1 Å². The van der Waals surface area contributed by atoms with Gasteiger partial charge in [0.1, 0.15) is 0 Å². The summed E-state index contributed by atoms with van der Waals surface area (Å²) in [5.41, 5.74) is 3.54. The van der Waals surface area contributed by atoms with E-state index in [4.69, 9.17) is 28.2 Å². The predicted octanol–water partition coefficient (Wildman–Crippen LogP) is 6.15. The van der Waals surface area contributed by atoms with Gasteiger partial charge in [-0.15, -0.1) is 0 Å². The smallest absolute Gasteiger partial charge is 0.261 e. The lowest BCUT2D eigenvalue weighted by Gasteiger charge is -2.21. The summed E-state index contributed by atoms with van der Waals surface area (Å²) in [5.74, 6) is -0.206. The van der Waals surface area contributed by atoms with Gasteiger partial charge in [0.15, 0.2) is 5.13 Å². The van der Waals surface area contributed by atoms with Crippen molar-refractivity contribution in [1.82, 2.24) is 14.5 Å². The summed E-state index contributed by atoms with van der Waals surface area (Å²) in [7, 11) is 0. The third-order valence-electron chi connectivity index (χ3n) is 4.92. The van der Waals surface area contributed by atoms with Crippen LogP contribution in [0.15, 0.2) is 49.1 Å². The van der Waals surface area contributed by atoms with Gasteiger partial charge >= 0.3 is 0 Å². The Labute approximate surface area is 188 Å². The van der Waals surface area contributed by atoms with Crippen LogP contribution in [0.1, 0.15) is 27.9 Å². The molecule has 0 aliphatic rings. The molecule has 0 spiro atoms. The number of imidazole rings is 1. The molecule has 2 heterocycles. The standard InChI is InChI=1S/C22H20Cl2N4OS/c1-14-4-5-15(2)20-19(14)26-22(30-20)28(10-3-9-27-11-8-25-13-27)21(29)17-12-16(23)6-7-18(17)24/h4-8,11-13H,3,9-10H2,1-2H3. The first kappa shape index (κ1) is 20.8. The number of carbonyl (C=O) groups is 1. The number of hydrogen-bond donors (Lipinski definition) is 0. The molecule has 4 rings (SSSR count). The molecular formula is C22H20Cl2N4OS. The van der Waals surface area contributed by atoms with Crippen molar-refractivity contribution in [3.63, 3.8) is 0 Å². The number of rotatable bonds is 6. The monoisotopic (exact) mass is 458 g/mol. The van der Waals surface area contributed by atoms with Gasteiger partial charge in [-0.3, -0.25) is 9.69 Å². The molecule has 2 aromatic carbocycles. The molecule has 0 aliphatic carbocycles. The number of fused-ring (bicyclic) bond motifs is 1. The molecule has 0 bridgehead atoms. The highest BCUT2D eigenvalue weighted by Crippen LogP contribution is 2.34. The van der Waals surface area contributed by atoms with Crippen molar-refractivity contribution < 1.29 is 4.79 Å². The van der Waals surface area contributed by atoms with E-state index in [0.29, 0.717) is 27.3 Å². The Kier molecular flexibility index (Phi) is 6.09. The summed E-state index contributed by atoms with van der Waals surface area (Å²) in [4.78, 5) is 24.1. The second-order valence-corrected chi connectivity index (χ2v) is 8.93. The largest absolute Gasteiger partial charge is 0.337 e. The van der Waals surface area contributed by atoms with Crippen LogP contribution in [0.3, 0.4) is 0 Å². The molecule has 5 nitrogen and oxygen atoms in total. The van der Waals surface area contributed by atoms with E-state index in [1.807, 2.05) is 17.7 Å². The Bertz CT molecular complexity index is 1160. The van der Waals surface area contributed by atoms with Crippen LogP contribution < -0.4 is 4.90 Å². The van der Waals surface area contributed by atoms with Gasteiger partial charge in [-0.1, -0.05) is 46.7 Å². The molecule has 0 aliphatic heterocycles. The van der Waals surface area contributed by atoms with E-state index in [1.165, 1.54) is 11.3 Å². The minimum absolute atomic E-state index is 0.206. The number of thiazole rings is 1. The lowest BCUT2D eigenvalue weighted by Crippen LogP contribution is -2.32. The van der Waals surface area contributed by atoms with Gasteiger partial charge in [0.2, 0.25) is 0 Å². The van der Waals surface area contributed by atoms with Crippen molar-refractivity contribution in [3.8, 4) is 0 Å². The average molecular weight is 459 g/mol. The molecule has 30 heavy (non-hydrogen) atoms. The quantitative estimate of drug-likeness (QED) is 0.347. The van der Waals surface area contributed by atoms with Gasteiger partial charge in [0.25, 0.3) is 5.91 Å². The maximum Gasteiger partial charge on any atom is 0.261 e. The van der Waals surface area contributed by atoms with E-state index in [0.717, 1.165) is 34.3 Å². The van der Waals surface area contributed by atoms with Crippen molar-refractivity contribution in [2.45, 2.75) is 26.8 Å². The Morgan fingerprint density at radius 3 is 2.70 bits per heavy atom. The zero-order valence-electron chi connectivity index (χ0n) is 16.6. The third-order valence-corrected chi connectivity index (χ3v) is 6.70. The number of carbonyl (C=O) groups excluding carboxylic acids is 1. The van der Waals surface area contributed by atoms with E-state index >= 15 is 0 Å². The minimum atomic E-state index is -0.206. The molecule has 1 amide bonds. The van der Waals surface area contributed by atoms with Crippen LogP contribution in [0.5, 0.6) is 0 Å². The number of nitrogens with zero attached hydrogens (tertiary/aromatic N) is 4. The fourth-order valence-corrected chi connectivity index (χ4v) is 4.79. The van der Waals surface area contributed by atoms with Crippen molar-refractivity contribution in [2.75, 3.05) is 11.4 Å². The maximum absolute atomic E-state index is 13.5. The molecule has 0 fully saturated rings. The number of hydrogen-bond acceptors (Lipinski definition) is 4. The third kappa shape index (κ3) is 4.21. The van der Waals surface area contributed by atoms with Crippen molar-refractivity contribution in [2.24, 2.45) is 0 Å². The van der Waals surface area contributed by atoms with Crippen molar-refractivity contribution in [1.29, 1.82) is 0 Å². The first-order valence-electron chi connectivity index (χ1n) is 9.53. The van der Waals surface area contributed by atoms with Crippen molar-refractivity contribution >= 4 is 55.8 Å². The first-order valence-corrected chi connectivity index (χ1v) is 11.1. The molecular weight excluding hydrogens is 439 g/mol. The van der Waals surface area contributed by atoms with Crippen LogP contribution in [0.25, 0.3) is 10.2 Å². The van der Waals surface area contributed by atoms with Gasteiger partial charge in [-0.25, -0.2) is 9.97 Å². The molecule has 0 radical (unpaired) electrons. The highest BCUT2D eigenvalue weighted by atomic mass is 35.5. The summed E-state index contributed by atoms with van der Waals surface area (Å²) < 4.78 is 3.08.